The second kappa shape index (κ2) is 8.09. The number of hydrogen-bond donors (Lipinski definition) is 0. The van der Waals surface area contributed by atoms with Gasteiger partial charge in [-0.1, -0.05) is 45.0 Å². The molecule has 4 nitrogen and oxygen atoms in total. The molecule has 0 atom stereocenters. The van der Waals surface area contributed by atoms with Crippen molar-refractivity contribution in [3.8, 4) is 11.5 Å². The highest BCUT2D eigenvalue weighted by atomic mass is 28.4. The first-order chi connectivity index (χ1) is 12.5. The maximum Gasteiger partial charge on any atom is 0.250 e. The Morgan fingerprint density at radius 3 is 2.26 bits per heavy atom. The lowest BCUT2D eigenvalue weighted by Gasteiger charge is -2.36. The molecule has 2 rings (SSSR count). The summed E-state index contributed by atoms with van der Waals surface area (Å²) in [4.78, 5) is 25.4. The van der Waals surface area contributed by atoms with Gasteiger partial charge in [-0.15, -0.1) is 0 Å². The molecule has 0 amide bonds. The first kappa shape index (κ1) is 20.9. The van der Waals surface area contributed by atoms with Gasteiger partial charge in [-0.2, -0.15) is 0 Å². The summed E-state index contributed by atoms with van der Waals surface area (Å²) in [5, 5.41) is 0.0135. The fourth-order valence-electron chi connectivity index (χ4n) is 2.35. The number of Topliss-reactive ketones (excluding diaryl/α,β-unsaturated/α-hetero) is 2. The zero-order valence-electron chi connectivity index (χ0n) is 17.0. The van der Waals surface area contributed by atoms with Gasteiger partial charge >= 0.3 is 0 Å². The first-order valence-electron chi connectivity index (χ1n) is 9.03. The number of rotatable bonds is 7. The molecule has 0 fully saturated rings. The smallest absolute Gasteiger partial charge is 0.250 e. The summed E-state index contributed by atoms with van der Waals surface area (Å²) in [6.45, 7) is 10.7. The summed E-state index contributed by atoms with van der Waals surface area (Å²) in [7, 11) is -0.548. The van der Waals surface area contributed by atoms with Gasteiger partial charge in [0.2, 0.25) is 0 Å². The van der Waals surface area contributed by atoms with Gasteiger partial charge in [0.15, 0.2) is 11.6 Å². The minimum Gasteiger partial charge on any atom is -0.543 e. The highest BCUT2D eigenvalue weighted by Crippen LogP contribution is 2.38. The molecular formula is C22H28O4Si. The molecule has 0 N–H and O–H groups in total. The number of ketones is 2. The third-order valence-corrected chi connectivity index (χ3v) is 9.41. The molecule has 0 aliphatic rings. The van der Waals surface area contributed by atoms with E-state index in [9.17, 15) is 9.59 Å². The predicted octanol–water partition coefficient (Wildman–Crippen LogP) is 5.53. The van der Waals surface area contributed by atoms with Crippen LogP contribution in [0.1, 0.15) is 47.9 Å². The van der Waals surface area contributed by atoms with Crippen LogP contribution in [0.2, 0.25) is 18.1 Å². The van der Waals surface area contributed by atoms with E-state index in [0.29, 0.717) is 22.6 Å². The molecule has 0 radical (unpaired) electrons. The minimum absolute atomic E-state index is 0.0135. The number of ether oxygens (including phenoxy) is 1. The molecule has 0 spiro atoms. The highest BCUT2D eigenvalue weighted by Gasteiger charge is 2.39. The van der Waals surface area contributed by atoms with Crippen LogP contribution in [-0.4, -0.2) is 27.0 Å². The molecule has 0 saturated carbocycles. The first-order valence-corrected chi connectivity index (χ1v) is 11.9. The number of methoxy groups -OCH3 is 1. The molecule has 5 heteroatoms. The molecule has 144 valence electrons. The second-order valence-corrected chi connectivity index (χ2v) is 12.8. The second-order valence-electron chi connectivity index (χ2n) is 8.11. The third kappa shape index (κ3) is 5.07. The molecule has 0 saturated heterocycles. The van der Waals surface area contributed by atoms with Gasteiger partial charge in [-0.25, -0.2) is 0 Å². The van der Waals surface area contributed by atoms with Gasteiger partial charge in [0.1, 0.15) is 11.5 Å². The number of carbonyl (C=O) groups excluding carboxylic acids is 2. The summed E-state index contributed by atoms with van der Waals surface area (Å²) in [6.07, 6.45) is -0.203. The predicted molar refractivity (Wildman–Crippen MR) is 111 cm³/mol. The summed E-state index contributed by atoms with van der Waals surface area (Å²) in [5.41, 5.74) is 0.920. The highest BCUT2D eigenvalue weighted by molar-refractivity contribution is 6.74. The van der Waals surface area contributed by atoms with Crippen LogP contribution >= 0.6 is 0 Å². The Hall–Kier alpha value is -2.40. The van der Waals surface area contributed by atoms with Gasteiger partial charge in [0.05, 0.1) is 19.1 Å². The van der Waals surface area contributed by atoms with E-state index in [1.165, 1.54) is 0 Å². The van der Waals surface area contributed by atoms with E-state index < -0.39 is 8.32 Å². The number of hydrogen-bond acceptors (Lipinski definition) is 4. The Morgan fingerprint density at radius 1 is 0.963 bits per heavy atom. The molecule has 2 aromatic rings. The van der Waals surface area contributed by atoms with Crippen LogP contribution in [-0.2, 0) is 0 Å². The van der Waals surface area contributed by atoms with Crippen molar-refractivity contribution in [2.45, 2.75) is 45.3 Å². The number of benzene rings is 2. The van der Waals surface area contributed by atoms with Crippen molar-refractivity contribution in [2.75, 3.05) is 7.11 Å². The van der Waals surface area contributed by atoms with Crippen molar-refractivity contribution in [3.05, 3.63) is 59.7 Å². The Morgan fingerprint density at radius 2 is 1.63 bits per heavy atom. The van der Waals surface area contributed by atoms with Crippen LogP contribution in [0, 0.1) is 0 Å². The fourth-order valence-corrected chi connectivity index (χ4v) is 3.39. The molecule has 0 aromatic heterocycles. The maximum atomic E-state index is 12.8. The van der Waals surface area contributed by atoms with Crippen molar-refractivity contribution in [1.29, 1.82) is 0 Å². The summed E-state index contributed by atoms with van der Waals surface area (Å²) in [5.74, 6) is 0.681. The van der Waals surface area contributed by atoms with Gasteiger partial charge in [0.25, 0.3) is 8.32 Å². The van der Waals surface area contributed by atoms with E-state index in [1.807, 2.05) is 12.1 Å². The van der Waals surface area contributed by atoms with Crippen LogP contribution in [0.5, 0.6) is 11.5 Å². The van der Waals surface area contributed by atoms with E-state index in [2.05, 4.69) is 33.9 Å². The van der Waals surface area contributed by atoms with Gasteiger partial charge in [-0.05, 0) is 42.4 Å². The van der Waals surface area contributed by atoms with Crippen molar-refractivity contribution >= 4 is 19.9 Å². The normalized spacial score (nSPS) is 11.8. The summed E-state index contributed by atoms with van der Waals surface area (Å²) >= 11 is 0. The van der Waals surface area contributed by atoms with Crippen LogP contribution in [0.3, 0.4) is 0 Å². The van der Waals surface area contributed by atoms with E-state index in [1.54, 1.807) is 43.5 Å². The molecule has 0 aliphatic carbocycles. The Balaban J connectivity index is 2.23. The number of carbonyl (C=O) groups is 2. The zero-order valence-corrected chi connectivity index (χ0v) is 18.0. The monoisotopic (exact) mass is 384 g/mol. The van der Waals surface area contributed by atoms with Crippen LogP contribution < -0.4 is 9.16 Å². The average molecular weight is 385 g/mol. The molecule has 2 aromatic carbocycles. The summed E-state index contributed by atoms with van der Waals surface area (Å²) < 4.78 is 11.5. The van der Waals surface area contributed by atoms with Crippen LogP contribution in [0.4, 0.5) is 0 Å². The maximum absolute atomic E-state index is 12.8. The lowest BCUT2D eigenvalue weighted by molar-refractivity contribution is 0.0893. The van der Waals surface area contributed by atoms with E-state index in [-0.39, 0.29) is 23.0 Å². The molecule has 27 heavy (non-hydrogen) atoms. The van der Waals surface area contributed by atoms with Gasteiger partial charge in [-0.3, -0.25) is 9.59 Å². The van der Waals surface area contributed by atoms with E-state index in [0.717, 1.165) is 0 Å². The Bertz CT molecular complexity index is 834. The third-order valence-electron chi connectivity index (χ3n) is 5.07. The van der Waals surface area contributed by atoms with Crippen molar-refractivity contribution in [1.82, 2.24) is 0 Å². The molecular weight excluding hydrogens is 356 g/mol. The average Bonchev–Trinajstić information content (AvgIpc) is 2.60. The minimum atomic E-state index is -2.09. The van der Waals surface area contributed by atoms with Gasteiger partial charge in [0, 0.05) is 5.56 Å². The van der Waals surface area contributed by atoms with Crippen molar-refractivity contribution in [2.24, 2.45) is 0 Å². The Labute approximate surface area is 162 Å². The number of para-hydroxylation sites is 1. The molecule has 0 bridgehead atoms. The molecule has 0 heterocycles. The SMILES string of the molecule is COc1cccc(C(=O)CC(=O)c2ccccc2O[Si](C)(C)C(C)(C)C)c1. The standard InChI is InChI=1S/C22H28O4Si/c1-22(2,3)27(5,6)26-21-13-8-7-12-18(21)20(24)15-19(23)16-10-9-11-17(14-16)25-4/h7-14H,15H2,1-6H3. The van der Waals surface area contributed by atoms with E-state index >= 15 is 0 Å². The zero-order chi connectivity index (χ0) is 20.2. The van der Waals surface area contributed by atoms with Gasteiger partial charge < -0.3 is 9.16 Å². The fraction of sp³-hybridized carbons (Fsp3) is 0.364. The lowest BCUT2D eigenvalue weighted by atomic mass is 10.0. The largest absolute Gasteiger partial charge is 0.543 e. The van der Waals surface area contributed by atoms with Crippen molar-refractivity contribution in [3.63, 3.8) is 0 Å². The topological polar surface area (TPSA) is 52.6 Å². The lowest BCUT2D eigenvalue weighted by Crippen LogP contribution is -2.44. The summed E-state index contributed by atoms with van der Waals surface area (Å²) in [6, 6.07) is 14.0. The van der Waals surface area contributed by atoms with E-state index in [4.69, 9.17) is 9.16 Å². The van der Waals surface area contributed by atoms with Crippen LogP contribution in [0.15, 0.2) is 48.5 Å². The van der Waals surface area contributed by atoms with Crippen molar-refractivity contribution < 1.29 is 18.8 Å². The molecule has 0 unspecified atom stereocenters. The Kier molecular flexibility index (Phi) is 6.26. The molecule has 0 aliphatic heterocycles. The van der Waals surface area contributed by atoms with Crippen LogP contribution in [0.25, 0.3) is 0 Å². The quantitative estimate of drug-likeness (QED) is 0.357.